The standard InChI is InChI=1S/C17H34N2/c1-14(2)11-19-12-15(16(3,4)5)18-13-17(19)9-7-6-8-10-17/h14-15,18H,6-13H2,1-5H3. The van der Waals surface area contributed by atoms with Crippen LogP contribution in [0.5, 0.6) is 0 Å². The van der Waals surface area contributed by atoms with Crippen LogP contribution >= 0.6 is 0 Å². The Morgan fingerprint density at radius 2 is 1.79 bits per heavy atom. The Morgan fingerprint density at radius 3 is 2.32 bits per heavy atom. The first-order chi connectivity index (χ1) is 8.83. The quantitative estimate of drug-likeness (QED) is 0.820. The van der Waals surface area contributed by atoms with Crippen molar-refractivity contribution in [1.29, 1.82) is 0 Å². The van der Waals surface area contributed by atoms with E-state index in [2.05, 4.69) is 44.8 Å². The van der Waals surface area contributed by atoms with Gasteiger partial charge in [0, 0.05) is 31.2 Å². The molecule has 2 fully saturated rings. The zero-order chi connectivity index (χ0) is 14.1. The molecule has 112 valence electrons. The SMILES string of the molecule is CC(C)CN1CC(C(C)(C)C)NCC12CCCCC2. The van der Waals surface area contributed by atoms with Crippen LogP contribution in [0.4, 0.5) is 0 Å². The third-order valence-corrected chi connectivity index (χ3v) is 5.17. The molecule has 2 rings (SSSR count). The van der Waals surface area contributed by atoms with Gasteiger partial charge >= 0.3 is 0 Å². The Balaban J connectivity index is 2.11. The molecule has 1 heterocycles. The largest absolute Gasteiger partial charge is 0.310 e. The third-order valence-electron chi connectivity index (χ3n) is 5.17. The predicted molar refractivity (Wildman–Crippen MR) is 83.5 cm³/mol. The van der Waals surface area contributed by atoms with Crippen LogP contribution in [0, 0.1) is 11.3 Å². The van der Waals surface area contributed by atoms with Crippen LogP contribution in [0.2, 0.25) is 0 Å². The number of nitrogens with one attached hydrogen (secondary N) is 1. The van der Waals surface area contributed by atoms with Gasteiger partial charge in [-0.3, -0.25) is 4.90 Å². The monoisotopic (exact) mass is 266 g/mol. The first-order valence-electron chi connectivity index (χ1n) is 8.32. The molecule has 1 saturated heterocycles. The molecule has 2 heteroatoms. The van der Waals surface area contributed by atoms with Crippen molar-refractivity contribution in [3.05, 3.63) is 0 Å². The highest BCUT2D eigenvalue weighted by atomic mass is 15.3. The molecule has 0 bridgehead atoms. The van der Waals surface area contributed by atoms with Crippen LogP contribution in [0.15, 0.2) is 0 Å². The van der Waals surface area contributed by atoms with Crippen molar-refractivity contribution < 1.29 is 0 Å². The van der Waals surface area contributed by atoms with E-state index in [-0.39, 0.29) is 0 Å². The van der Waals surface area contributed by atoms with Gasteiger partial charge in [0.15, 0.2) is 0 Å². The van der Waals surface area contributed by atoms with E-state index in [9.17, 15) is 0 Å². The van der Waals surface area contributed by atoms with Gasteiger partial charge in [0.25, 0.3) is 0 Å². The molecule has 0 aromatic rings. The van der Waals surface area contributed by atoms with Gasteiger partial charge in [0.2, 0.25) is 0 Å². The summed E-state index contributed by atoms with van der Waals surface area (Å²) in [6.45, 7) is 15.6. The van der Waals surface area contributed by atoms with Crippen molar-refractivity contribution in [3.8, 4) is 0 Å². The van der Waals surface area contributed by atoms with E-state index in [4.69, 9.17) is 0 Å². The lowest BCUT2D eigenvalue weighted by atomic mass is 9.75. The molecule has 0 aromatic heterocycles. The summed E-state index contributed by atoms with van der Waals surface area (Å²) in [5, 5.41) is 3.88. The molecule has 2 aliphatic rings. The van der Waals surface area contributed by atoms with E-state index in [1.165, 1.54) is 51.7 Å². The van der Waals surface area contributed by atoms with Gasteiger partial charge in [-0.25, -0.2) is 0 Å². The van der Waals surface area contributed by atoms with Crippen LogP contribution in [0.1, 0.15) is 66.7 Å². The third kappa shape index (κ3) is 3.52. The number of hydrogen-bond acceptors (Lipinski definition) is 2. The van der Waals surface area contributed by atoms with E-state index in [1.54, 1.807) is 0 Å². The molecule has 19 heavy (non-hydrogen) atoms. The van der Waals surface area contributed by atoms with Gasteiger partial charge in [-0.2, -0.15) is 0 Å². The zero-order valence-corrected chi connectivity index (χ0v) is 13.8. The molecule has 0 aromatic carbocycles. The van der Waals surface area contributed by atoms with E-state index in [0.29, 0.717) is 17.0 Å². The molecule has 1 spiro atoms. The van der Waals surface area contributed by atoms with Gasteiger partial charge in [-0.1, -0.05) is 53.9 Å². The lowest BCUT2D eigenvalue weighted by Gasteiger charge is -2.54. The summed E-state index contributed by atoms with van der Waals surface area (Å²) in [6, 6.07) is 0.638. The van der Waals surface area contributed by atoms with Crippen LogP contribution in [-0.4, -0.2) is 36.1 Å². The van der Waals surface area contributed by atoms with E-state index in [0.717, 1.165) is 5.92 Å². The minimum atomic E-state index is 0.367. The van der Waals surface area contributed by atoms with Gasteiger partial charge < -0.3 is 5.32 Å². The van der Waals surface area contributed by atoms with Crippen LogP contribution in [0.3, 0.4) is 0 Å². The van der Waals surface area contributed by atoms with Gasteiger partial charge in [-0.05, 0) is 24.2 Å². The molecular weight excluding hydrogens is 232 g/mol. The lowest BCUT2D eigenvalue weighted by Crippen LogP contribution is -2.68. The van der Waals surface area contributed by atoms with Gasteiger partial charge in [-0.15, -0.1) is 0 Å². The molecule has 1 aliphatic heterocycles. The zero-order valence-electron chi connectivity index (χ0n) is 13.8. The predicted octanol–water partition coefficient (Wildman–Crippen LogP) is 3.67. The van der Waals surface area contributed by atoms with Crippen molar-refractivity contribution in [2.75, 3.05) is 19.6 Å². The van der Waals surface area contributed by atoms with E-state index < -0.39 is 0 Å². The van der Waals surface area contributed by atoms with Gasteiger partial charge in [0.1, 0.15) is 0 Å². The fraction of sp³-hybridized carbons (Fsp3) is 1.00. The fourth-order valence-corrected chi connectivity index (χ4v) is 3.90. The first-order valence-corrected chi connectivity index (χ1v) is 8.32. The summed E-state index contributed by atoms with van der Waals surface area (Å²) in [5.74, 6) is 0.775. The second kappa shape index (κ2) is 5.73. The maximum atomic E-state index is 3.88. The smallest absolute Gasteiger partial charge is 0.0334 e. The molecule has 0 amide bonds. The Morgan fingerprint density at radius 1 is 1.16 bits per heavy atom. The molecule has 1 unspecified atom stereocenters. The number of hydrogen-bond donors (Lipinski definition) is 1. The summed E-state index contributed by atoms with van der Waals surface area (Å²) in [6.07, 6.45) is 7.11. The average Bonchev–Trinajstić information content (AvgIpc) is 2.31. The maximum absolute atomic E-state index is 3.88. The molecule has 1 saturated carbocycles. The summed E-state index contributed by atoms with van der Waals surface area (Å²) in [5.41, 5.74) is 0.843. The van der Waals surface area contributed by atoms with Crippen molar-refractivity contribution >= 4 is 0 Å². The van der Waals surface area contributed by atoms with Crippen LogP contribution in [-0.2, 0) is 0 Å². The number of piperazine rings is 1. The van der Waals surface area contributed by atoms with Crippen LogP contribution in [0.25, 0.3) is 0 Å². The van der Waals surface area contributed by atoms with Crippen molar-refractivity contribution in [2.45, 2.75) is 78.3 Å². The molecular formula is C17H34N2. The fourth-order valence-electron chi connectivity index (χ4n) is 3.90. The number of rotatable bonds is 2. The normalized spacial score (nSPS) is 29.1. The Hall–Kier alpha value is -0.0800. The summed E-state index contributed by atoms with van der Waals surface area (Å²) in [7, 11) is 0. The summed E-state index contributed by atoms with van der Waals surface area (Å²) < 4.78 is 0. The van der Waals surface area contributed by atoms with Gasteiger partial charge in [0.05, 0.1) is 0 Å². The summed E-state index contributed by atoms with van der Waals surface area (Å²) >= 11 is 0. The second-order valence-electron chi connectivity index (χ2n) is 8.38. The topological polar surface area (TPSA) is 15.3 Å². The Kier molecular flexibility index (Phi) is 4.62. The van der Waals surface area contributed by atoms with Crippen molar-refractivity contribution in [2.24, 2.45) is 11.3 Å². The Labute approximate surface area is 120 Å². The first kappa shape index (κ1) is 15.3. The van der Waals surface area contributed by atoms with Crippen molar-refractivity contribution in [1.82, 2.24) is 10.2 Å². The maximum Gasteiger partial charge on any atom is 0.0334 e. The van der Waals surface area contributed by atoms with E-state index in [1.807, 2.05) is 0 Å². The Bertz CT molecular complexity index is 284. The molecule has 1 atom stereocenters. The second-order valence-corrected chi connectivity index (χ2v) is 8.38. The number of nitrogens with zero attached hydrogens (tertiary/aromatic N) is 1. The van der Waals surface area contributed by atoms with Crippen LogP contribution < -0.4 is 5.32 Å². The molecule has 2 nitrogen and oxygen atoms in total. The molecule has 1 aliphatic carbocycles. The minimum absolute atomic E-state index is 0.367. The lowest BCUT2D eigenvalue weighted by molar-refractivity contribution is -0.0169. The highest BCUT2D eigenvalue weighted by molar-refractivity contribution is 5.02. The highest BCUT2D eigenvalue weighted by Crippen LogP contribution is 2.37. The molecule has 1 N–H and O–H groups in total. The van der Waals surface area contributed by atoms with Crippen molar-refractivity contribution in [3.63, 3.8) is 0 Å². The average molecular weight is 266 g/mol. The molecule has 0 radical (unpaired) electrons. The van der Waals surface area contributed by atoms with E-state index >= 15 is 0 Å². The summed E-state index contributed by atoms with van der Waals surface area (Å²) in [4.78, 5) is 2.85. The highest BCUT2D eigenvalue weighted by Gasteiger charge is 2.44. The minimum Gasteiger partial charge on any atom is -0.310 e.